The number of aryl methyl sites for hydroxylation is 1. The number of nitrogens with two attached hydrogens (primary N) is 1. The van der Waals surface area contributed by atoms with Crippen LogP contribution in [0.3, 0.4) is 0 Å². The van der Waals surface area contributed by atoms with Crippen LogP contribution in [0.5, 0.6) is 0 Å². The molecule has 2 rings (SSSR count). The lowest BCUT2D eigenvalue weighted by Crippen LogP contribution is -2.16. The summed E-state index contributed by atoms with van der Waals surface area (Å²) in [5.74, 6) is 1.11. The number of benzene rings is 1. The monoisotopic (exact) mass is 259 g/mol. The van der Waals surface area contributed by atoms with Gasteiger partial charge in [0.1, 0.15) is 5.82 Å². The van der Waals surface area contributed by atoms with Crippen molar-refractivity contribution in [2.45, 2.75) is 13.1 Å². The average Bonchev–Trinajstić information content (AvgIpc) is 2.84. The molecule has 0 spiro atoms. The molecule has 19 heavy (non-hydrogen) atoms. The maximum absolute atomic E-state index is 8.57. The van der Waals surface area contributed by atoms with E-state index in [9.17, 15) is 0 Å². The van der Waals surface area contributed by atoms with Gasteiger partial charge in [-0.25, -0.2) is 4.98 Å². The van der Waals surface area contributed by atoms with E-state index in [0.29, 0.717) is 12.1 Å². The third kappa shape index (κ3) is 3.32. The lowest BCUT2D eigenvalue weighted by molar-refractivity contribution is 0.318. The Labute approximate surface area is 111 Å². The number of hydrogen-bond donors (Lipinski definition) is 3. The zero-order valence-electron chi connectivity index (χ0n) is 10.7. The predicted octanol–water partition coefficient (Wildman–Crippen LogP) is 0.804. The topological polar surface area (TPSA) is 88.5 Å². The second-order valence-electron chi connectivity index (χ2n) is 4.24. The number of imidazole rings is 1. The Kier molecular flexibility index (Phi) is 4.15. The third-order valence-electron chi connectivity index (χ3n) is 2.89. The normalized spacial score (nSPS) is 11.7. The van der Waals surface area contributed by atoms with E-state index >= 15 is 0 Å². The first-order valence-corrected chi connectivity index (χ1v) is 5.94. The van der Waals surface area contributed by atoms with Gasteiger partial charge in [0, 0.05) is 31.5 Å². The fourth-order valence-electron chi connectivity index (χ4n) is 1.74. The lowest BCUT2D eigenvalue weighted by Gasteiger charge is -2.06. The molecule has 0 radical (unpaired) electrons. The molecule has 0 aliphatic heterocycles. The quantitative estimate of drug-likeness (QED) is 0.321. The van der Waals surface area contributed by atoms with E-state index in [1.165, 1.54) is 0 Å². The number of nitrogens with one attached hydrogen (secondary N) is 1. The summed E-state index contributed by atoms with van der Waals surface area (Å²) in [5, 5.41) is 14.8. The van der Waals surface area contributed by atoms with Gasteiger partial charge < -0.3 is 20.8 Å². The molecule has 0 atom stereocenters. The smallest absolute Gasteiger partial charge is 0.170 e. The Morgan fingerprint density at radius 2 is 2.11 bits per heavy atom. The Bertz CT molecular complexity index is 559. The van der Waals surface area contributed by atoms with Crippen molar-refractivity contribution in [3.63, 3.8) is 0 Å². The summed E-state index contributed by atoms with van der Waals surface area (Å²) in [5.41, 5.74) is 7.33. The molecule has 0 amide bonds. The number of aromatic nitrogens is 2. The van der Waals surface area contributed by atoms with Crippen LogP contribution in [0.15, 0.2) is 41.8 Å². The highest BCUT2D eigenvalue weighted by atomic mass is 16.4. The standard InChI is InChI=1S/C13H17N5O/c1-18-7-6-16-12(18)9-15-8-10-2-4-11(5-3-10)13(14)17-19/h2-7,15,19H,8-9H2,1H3,(H2,14,17). The summed E-state index contributed by atoms with van der Waals surface area (Å²) in [6, 6.07) is 7.54. The van der Waals surface area contributed by atoms with E-state index in [1.807, 2.05) is 42.1 Å². The van der Waals surface area contributed by atoms with Crippen molar-refractivity contribution < 1.29 is 5.21 Å². The molecule has 1 aromatic carbocycles. The molecule has 1 aromatic heterocycles. The van der Waals surface area contributed by atoms with Crippen LogP contribution in [0.25, 0.3) is 0 Å². The average molecular weight is 259 g/mol. The van der Waals surface area contributed by atoms with Crippen LogP contribution in [0.4, 0.5) is 0 Å². The van der Waals surface area contributed by atoms with Gasteiger partial charge in [0.15, 0.2) is 5.84 Å². The molecule has 6 nitrogen and oxygen atoms in total. The van der Waals surface area contributed by atoms with Crippen LogP contribution < -0.4 is 11.1 Å². The van der Waals surface area contributed by atoms with Crippen molar-refractivity contribution in [3.8, 4) is 0 Å². The van der Waals surface area contributed by atoms with Gasteiger partial charge in [-0.1, -0.05) is 29.4 Å². The molecule has 100 valence electrons. The first-order valence-electron chi connectivity index (χ1n) is 5.94. The summed E-state index contributed by atoms with van der Waals surface area (Å²) in [6.07, 6.45) is 3.70. The number of rotatable bonds is 5. The minimum Gasteiger partial charge on any atom is -0.409 e. The van der Waals surface area contributed by atoms with E-state index in [0.717, 1.165) is 17.9 Å². The second kappa shape index (κ2) is 6.01. The highest BCUT2D eigenvalue weighted by Crippen LogP contribution is 2.04. The Morgan fingerprint density at radius 1 is 1.37 bits per heavy atom. The van der Waals surface area contributed by atoms with Gasteiger partial charge in [-0.2, -0.15) is 0 Å². The number of amidine groups is 1. The van der Waals surface area contributed by atoms with Gasteiger partial charge in [-0.05, 0) is 5.56 Å². The maximum Gasteiger partial charge on any atom is 0.170 e. The van der Waals surface area contributed by atoms with E-state index in [-0.39, 0.29) is 5.84 Å². The molecule has 6 heteroatoms. The van der Waals surface area contributed by atoms with E-state index in [4.69, 9.17) is 10.9 Å². The molecule has 0 aliphatic carbocycles. The van der Waals surface area contributed by atoms with Crippen molar-refractivity contribution >= 4 is 5.84 Å². The maximum atomic E-state index is 8.57. The lowest BCUT2D eigenvalue weighted by atomic mass is 10.1. The van der Waals surface area contributed by atoms with E-state index in [2.05, 4.69) is 15.5 Å². The van der Waals surface area contributed by atoms with Crippen LogP contribution in [0, 0.1) is 0 Å². The van der Waals surface area contributed by atoms with Gasteiger partial charge in [-0.15, -0.1) is 0 Å². The van der Waals surface area contributed by atoms with Crippen LogP contribution >= 0.6 is 0 Å². The second-order valence-corrected chi connectivity index (χ2v) is 4.24. The third-order valence-corrected chi connectivity index (χ3v) is 2.89. The summed E-state index contributed by atoms with van der Waals surface area (Å²) in [7, 11) is 1.97. The molecular weight excluding hydrogens is 242 g/mol. The first-order chi connectivity index (χ1) is 9.20. The fourth-order valence-corrected chi connectivity index (χ4v) is 1.74. The molecule has 0 fully saturated rings. The van der Waals surface area contributed by atoms with Crippen LogP contribution in [0.2, 0.25) is 0 Å². The fraction of sp³-hybridized carbons (Fsp3) is 0.231. The summed E-state index contributed by atoms with van der Waals surface area (Å²) >= 11 is 0. The molecular formula is C13H17N5O. The molecule has 0 unspecified atom stereocenters. The van der Waals surface area contributed by atoms with Gasteiger partial charge in [0.25, 0.3) is 0 Å². The van der Waals surface area contributed by atoms with Gasteiger partial charge in [-0.3, -0.25) is 0 Å². The van der Waals surface area contributed by atoms with Crippen molar-refractivity contribution in [2.24, 2.45) is 17.9 Å². The van der Waals surface area contributed by atoms with Crippen LogP contribution in [-0.2, 0) is 20.1 Å². The van der Waals surface area contributed by atoms with Crippen molar-refractivity contribution in [1.82, 2.24) is 14.9 Å². The summed E-state index contributed by atoms with van der Waals surface area (Å²) in [4.78, 5) is 4.24. The molecule has 0 aliphatic rings. The molecule has 0 saturated heterocycles. The van der Waals surface area contributed by atoms with Gasteiger partial charge >= 0.3 is 0 Å². The van der Waals surface area contributed by atoms with Gasteiger partial charge in [0.2, 0.25) is 0 Å². The zero-order chi connectivity index (χ0) is 13.7. The number of hydrogen-bond acceptors (Lipinski definition) is 4. The Balaban J connectivity index is 1.88. The molecule has 1 heterocycles. The van der Waals surface area contributed by atoms with E-state index in [1.54, 1.807) is 6.20 Å². The highest BCUT2D eigenvalue weighted by Gasteiger charge is 2.01. The van der Waals surface area contributed by atoms with Crippen molar-refractivity contribution in [1.29, 1.82) is 0 Å². The predicted molar refractivity (Wildman–Crippen MR) is 72.7 cm³/mol. The Hall–Kier alpha value is -2.34. The van der Waals surface area contributed by atoms with Gasteiger partial charge in [0.05, 0.1) is 6.54 Å². The van der Waals surface area contributed by atoms with E-state index < -0.39 is 0 Å². The zero-order valence-corrected chi connectivity index (χ0v) is 10.7. The molecule has 0 saturated carbocycles. The van der Waals surface area contributed by atoms with Crippen LogP contribution in [0.1, 0.15) is 17.0 Å². The molecule has 2 aromatic rings. The minimum atomic E-state index is 0.118. The molecule has 4 N–H and O–H groups in total. The number of nitrogens with zero attached hydrogens (tertiary/aromatic N) is 3. The number of oxime groups is 1. The minimum absolute atomic E-state index is 0.118. The summed E-state index contributed by atoms with van der Waals surface area (Å²) < 4.78 is 1.98. The molecule has 0 bridgehead atoms. The van der Waals surface area contributed by atoms with Crippen molar-refractivity contribution in [2.75, 3.05) is 0 Å². The van der Waals surface area contributed by atoms with Crippen molar-refractivity contribution in [3.05, 3.63) is 53.6 Å². The Morgan fingerprint density at radius 3 is 2.68 bits per heavy atom. The van der Waals surface area contributed by atoms with Crippen LogP contribution in [-0.4, -0.2) is 20.6 Å². The highest BCUT2D eigenvalue weighted by molar-refractivity contribution is 5.96. The first kappa shape index (κ1) is 13.1. The SMILES string of the molecule is Cn1ccnc1CNCc1ccc(C(N)=NO)cc1. The largest absolute Gasteiger partial charge is 0.409 e. The summed E-state index contributed by atoms with van der Waals surface area (Å²) in [6.45, 7) is 1.45.